The number of nitrogens with one attached hydrogen (secondary N) is 1. The van der Waals surface area contributed by atoms with Gasteiger partial charge in [-0.05, 0) is 128 Å². The smallest absolute Gasteiger partial charge is 0.0737 e. The third kappa shape index (κ3) is 7.00. The summed E-state index contributed by atoms with van der Waals surface area (Å²) >= 11 is 6.15. The van der Waals surface area contributed by atoms with E-state index in [0.717, 1.165) is 52.7 Å². The molecule has 0 amide bonds. The minimum atomic E-state index is 0.738. The topological polar surface area (TPSA) is 37.9 Å². The van der Waals surface area contributed by atoms with Gasteiger partial charge in [-0.1, -0.05) is 25.4 Å². The van der Waals surface area contributed by atoms with Crippen molar-refractivity contribution in [1.82, 2.24) is 24.6 Å². The number of piperidine rings is 3. The fourth-order valence-electron chi connectivity index (χ4n) is 7.20. The summed E-state index contributed by atoms with van der Waals surface area (Å²) < 4.78 is 0. The summed E-state index contributed by atoms with van der Waals surface area (Å²) in [4.78, 5) is 15.5. The fraction of sp³-hybridized carbons (Fsp3) is 0.710. The lowest BCUT2D eigenvalue weighted by Gasteiger charge is -2.50. The van der Waals surface area contributed by atoms with Gasteiger partial charge >= 0.3 is 0 Å². The van der Waals surface area contributed by atoms with Gasteiger partial charge in [0, 0.05) is 47.0 Å². The molecule has 0 spiro atoms. The van der Waals surface area contributed by atoms with Gasteiger partial charge in [0.05, 0.1) is 5.52 Å². The monoisotopic (exact) mass is 540 g/mol. The van der Waals surface area contributed by atoms with Crippen LogP contribution in [0.2, 0.25) is 5.02 Å². The minimum Gasteiger partial charge on any atom is -0.384 e. The number of benzene rings is 1. The lowest BCUT2D eigenvalue weighted by molar-refractivity contribution is -0.0110. The van der Waals surface area contributed by atoms with Crippen LogP contribution in [0.25, 0.3) is 10.9 Å². The molecule has 1 aromatic heterocycles. The van der Waals surface area contributed by atoms with Gasteiger partial charge in [0.1, 0.15) is 0 Å². The number of nitrogens with zero attached hydrogens (tertiary/aromatic N) is 5. The van der Waals surface area contributed by atoms with Crippen molar-refractivity contribution < 1.29 is 0 Å². The van der Waals surface area contributed by atoms with Crippen molar-refractivity contribution >= 4 is 28.2 Å². The molecule has 1 aromatic carbocycles. The number of anilines is 1. The van der Waals surface area contributed by atoms with E-state index in [1.54, 1.807) is 0 Å². The third-order valence-corrected chi connectivity index (χ3v) is 9.74. The molecule has 0 aliphatic carbocycles. The van der Waals surface area contributed by atoms with E-state index >= 15 is 0 Å². The summed E-state index contributed by atoms with van der Waals surface area (Å²) in [6, 6.07) is 10.4. The summed E-state index contributed by atoms with van der Waals surface area (Å²) in [5.41, 5.74) is 2.11. The molecule has 5 rings (SSSR count). The molecular formula is C31H49ClN6. The van der Waals surface area contributed by atoms with Gasteiger partial charge < -0.3 is 20.0 Å². The fourth-order valence-corrected chi connectivity index (χ4v) is 7.37. The summed E-state index contributed by atoms with van der Waals surface area (Å²) in [6.07, 6.45) is 11.2. The van der Waals surface area contributed by atoms with Gasteiger partial charge in [-0.3, -0.25) is 9.88 Å². The second-order valence-corrected chi connectivity index (χ2v) is 12.1. The summed E-state index contributed by atoms with van der Waals surface area (Å²) in [5, 5.41) is 5.53. The highest BCUT2D eigenvalue weighted by Crippen LogP contribution is 2.31. The molecule has 6 nitrogen and oxygen atoms in total. The van der Waals surface area contributed by atoms with Crippen LogP contribution in [0.3, 0.4) is 0 Å². The van der Waals surface area contributed by atoms with Crippen molar-refractivity contribution in [1.29, 1.82) is 0 Å². The Morgan fingerprint density at radius 1 is 0.816 bits per heavy atom. The van der Waals surface area contributed by atoms with E-state index < -0.39 is 0 Å². The second-order valence-electron chi connectivity index (χ2n) is 11.7. The predicted molar refractivity (Wildman–Crippen MR) is 161 cm³/mol. The molecule has 3 fully saturated rings. The number of hydrogen-bond donors (Lipinski definition) is 1. The lowest BCUT2D eigenvalue weighted by Crippen LogP contribution is -2.58. The van der Waals surface area contributed by atoms with Crippen molar-refractivity contribution in [3.63, 3.8) is 0 Å². The predicted octanol–water partition coefficient (Wildman–Crippen LogP) is 5.43. The highest BCUT2D eigenvalue weighted by Gasteiger charge is 2.37. The molecule has 2 aromatic rings. The first-order valence-electron chi connectivity index (χ1n) is 15.4. The van der Waals surface area contributed by atoms with Gasteiger partial charge in [0.15, 0.2) is 0 Å². The van der Waals surface area contributed by atoms with E-state index in [4.69, 9.17) is 11.6 Å². The number of rotatable bonds is 10. The van der Waals surface area contributed by atoms with Crippen molar-refractivity contribution in [3.8, 4) is 0 Å². The molecule has 210 valence electrons. The molecule has 3 saturated heterocycles. The van der Waals surface area contributed by atoms with Gasteiger partial charge in [0.25, 0.3) is 0 Å². The Labute approximate surface area is 235 Å². The van der Waals surface area contributed by atoms with Crippen LogP contribution in [-0.4, -0.2) is 108 Å². The Morgan fingerprint density at radius 2 is 1.37 bits per heavy atom. The molecule has 0 radical (unpaired) electrons. The van der Waals surface area contributed by atoms with E-state index in [1.165, 1.54) is 97.4 Å². The van der Waals surface area contributed by atoms with Crippen molar-refractivity contribution in [2.45, 2.75) is 76.9 Å². The first-order valence-corrected chi connectivity index (χ1v) is 15.7. The van der Waals surface area contributed by atoms with Crippen LogP contribution in [0.1, 0.15) is 58.8 Å². The molecule has 0 saturated carbocycles. The second kappa shape index (κ2) is 13.8. The van der Waals surface area contributed by atoms with Gasteiger partial charge in [0.2, 0.25) is 0 Å². The Morgan fingerprint density at radius 3 is 1.92 bits per heavy atom. The third-order valence-electron chi connectivity index (χ3n) is 9.50. The van der Waals surface area contributed by atoms with Crippen molar-refractivity contribution in [2.75, 3.05) is 70.8 Å². The molecule has 7 heteroatoms. The SMILES string of the molecule is CCN1CCC(N(C2CCN(CC)CC2)C2CCN(CCCNc3ccnc4cc(Cl)ccc34)CC2)CC1. The quantitative estimate of drug-likeness (QED) is 0.405. The Bertz CT molecular complexity index is 969. The van der Waals surface area contributed by atoms with Crippen LogP contribution >= 0.6 is 11.6 Å². The van der Waals surface area contributed by atoms with Gasteiger partial charge in [-0.25, -0.2) is 0 Å². The molecule has 3 aliphatic heterocycles. The van der Waals surface area contributed by atoms with Gasteiger partial charge in [-0.15, -0.1) is 0 Å². The summed E-state index contributed by atoms with van der Waals surface area (Å²) in [6.45, 7) is 16.9. The average molecular weight is 541 g/mol. The molecule has 0 unspecified atom stereocenters. The molecule has 3 aliphatic rings. The number of halogens is 1. The van der Waals surface area contributed by atoms with Crippen LogP contribution in [0.5, 0.6) is 0 Å². The number of aromatic nitrogens is 1. The zero-order valence-electron chi connectivity index (χ0n) is 23.8. The normalized spacial score (nSPS) is 22.0. The molecule has 4 heterocycles. The van der Waals surface area contributed by atoms with Gasteiger partial charge in [-0.2, -0.15) is 0 Å². The maximum absolute atomic E-state index is 6.15. The van der Waals surface area contributed by atoms with E-state index in [-0.39, 0.29) is 0 Å². The van der Waals surface area contributed by atoms with Crippen molar-refractivity contribution in [2.24, 2.45) is 0 Å². The van der Waals surface area contributed by atoms with Crippen LogP contribution in [0.4, 0.5) is 5.69 Å². The lowest BCUT2D eigenvalue weighted by atomic mass is 9.91. The van der Waals surface area contributed by atoms with Crippen LogP contribution in [0, 0.1) is 0 Å². The molecule has 38 heavy (non-hydrogen) atoms. The largest absolute Gasteiger partial charge is 0.384 e. The number of pyridine rings is 1. The number of hydrogen-bond acceptors (Lipinski definition) is 6. The maximum Gasteiger partial charge on any atom is 0.0737 e. The van der Waals surface area contributed by atoms with Crippen LogP contribution < -0.4 is 5.32 Å². The highest BCUT2D eigenvalue weighted by molar-refractivity contribution is 6.31. The average Bonchev–Trinajstić information content (AvgIpc) is 2.97. The highest BCUT2D eigenvalue weighted by atomic mass is 35.5. The van der Waals surface area contributed by atoms with E-state index in [0.29, 0.717) is 0 Å². The maximum atomic E-state index is 6.15. The minimum absolute atomic E-state index is 0.738. The van der Waals surface area contributed by atoms with E-state index in [9.17, 15) is 0 Å². The zero-order valence-corrected chi connectivity index (χ0v) is 24.5. The van der Waals surface area contributed by atoms with E-state index in [1.807, 2.05) is 18.3 Å². The first kappa shape index (κ1) is 28.1. The first-order chi connectivity index (χ1) is 18.6. The Balaban J connectivity index is 1.11. The Kier molecular flexibility index (Phi) is 10.2. The Hall–Kier alpha value is -1.44. The zero-order chi connectivity index (χ0) is 26.3. The summed E-state index contributed by atoms with van der Waals surface area (Å²) in [5.74, 6) is 0. The molecular weight excluding hydrogens is 492 g/mol. The number of fused-ring (bicyclic) bond motifs is 1. The standard InChI is InChI=1S/C31H49ClN6/c1-3-35-18-9-26(10-19-35)38(27-11-20-36(4-2)21-12-27)28-13-22-37(23-14-28)17-5-15-33-30-8-16-34-31-24-25(32)6-7-29(30)31/h6-8,16,24,26-28H,3-5,9-15,17-23H2,1-2H3,(H,33,34). The molecule has 0 bridgehead atoms. The molecule has 0 atom stereocenters. The summed E-state index contributed by atoms with van der Waals surface area (Å²) in [7, 11) is 0. The van der Waals surface area contributed by atoms with Crippen LogP contribution in [0.15, 0.2) is 30.5 Å². The number of likely N-dealkylation sites (tertiary alicyclic amines) is 3. The van der Waals surface area contributed by atoms with E-state index in [2.05, 4.69) is 55.9 Å². The molecule has 1 N–H and O–H groups in total. The van der Waals surface area contributed by atoms with Crippen molar-refractivity contribution in [3.05, 3.63) is 35.5 Å². The van der Waals surface area contributed by atoms with Crippen LogP contribution in [-0.2, 0) is 0 Å².